The fourth-order valence-electron chi connectivity index (χ4n) is 3.53. The molecule has 24 heavy (non-hydrogen) atoms. The number of hydroxylamine groups is 2. The van der Waals surface area contributed by atoms with Crippen molar-refractivity contribution in [3.8, 4) is 0 Å². The zero-order valence-electron chi connectivity index (χ0n) is 14.5. The maximum atomic E-state index is 9.08. The van der Waals surface area contributed by atoms with Gasteiger partial charge in [-0.05, 0) is 31.9 Å². The zero-order valence-corrected chi connectivity index (χ0v) is 16.1. The lowest BCUT2D eigenvalue weighted by molar-refractivity contribution is -0.239. The van der Waals surface area contributed by atoms with E-state index in [-0.39, 0.29) is 35.1 Å². The lowest BCUT2D eigenvalue weighted by Gasteiger charge is -2.34. The summed E-state index contributed by atoms with van der Waals surface area (Å²) in [6, 6.07) is 8.65. The van der Waals surface area contributed by atoms with Crippen LogP contribution in [-0.2, 0) is 9.57 Å². The normalized spacial score (nSPS) is 30.0. The summed E-state index contributed by atoms with van der Waals surface area (Å²) in [7, 11) is 0. The standard InChI is InChI=1S/C19H26BrNO3/c1-19(2,3)24-21-12-16(23-11-10-22)17(20)18(21)15-9-8-13-6-4-5-7-14(13)15/h4-9,15-18,22H,10-12H2,1-3H3/t15?,16-,17+,18?/m1/s1. The largest absolute Gasteiger partial charge is 0.394 e. The Bertz CT molecular complexity index is 599. The van der Waals surface area contributed by atoms with Crippen molar-refractivity contribution in [3.05, 3.63) is 41.5 Å². The lowest BCUT2D eigenvalue weighted by Crippen LogP contribution is -2.42. The van der Waals surface area contributed by atoms with Crippen molar-refractivity contribution in [3.63, 3.8) is 0 Å². The quantitative estimate of drug-likeness (QED) is 0.776. The molecule has 5 heteroatoms. The van der Waals surface area contributed by atoms with Gasteiger partial charge in [0.05, 0.1) is 42.3 Å². The molecule has 2 unspecified atom stereocenters. The minimum atomic E-state index is -0.265. The Hall–Kier alpha value is -0.720. The van der Waals surface area contributed by atoms with Gasteiger partial charge in [-0.3, -0.25) is 4.84 Å². The summed E-state index contributed by atoms with van der Waals surface area (Å²) < 4.78 is 5.84. The van der Waals surface area contributed by atoms with E-state index in [1.165, 1.54) is 11.1 Å². The topological polar surface area (TPSA) is 41.9 Å². The second-order valence-electron chi connectivity index (χ2n) is 7.39. The van der Waals surface area contributed by atoms with Crippen molar-refractivity contribution >= 4 is 22.0 Å². The molecule has 1 aromatic rings. The molecule has 2 aliphatic rings. The predicted octanol–water partition coefficient (Wildman–Crippen LogP) is 3.35. The van der Waals surface area contributed by atoms with Crippen LogP contribution in [0.3, 0.4) is 0 Å². The molecule has 132 valence electrons. The first-order valence-electron chi connectivity index (χ1n) is 8.50. The number of aliphatic hydroxyl groups excluding tert-OH is 1. The summed E-state index contributed by atoms with van der Waals surface area (Å²) in [4.78, 5) is 6.38. The molecule has 3 rings (SSSR count). The van der Waals surface area contributed by atoms with Crippen molar-refractivity contribution in [1.82, 2.24) is 5.06 Å². The molecular formula is C19H26BrNO3. The van der Waals surface area contributed by atoms with Crippen LogP contribution < -0.4 is 0 Å². The van der Waals surface area contributed by atoms with E-state index in [0.717, 1.165) is 0 Å². The molecule has 0 amide bonds. The van der Waals surface area contributed by atoms with Gasteiger partial charge in [0, 0.05) is 5.92 Å². The van der Waals surface area contributed by atoms with Crippen LogP contribution in [0.4, 0.5) is 0 Å². The molecule has 1 aromatic carbocycles. The van der Waals surface area contributed by atoms with Crippen LogP contribution in [0.15, 0.2) is 30.3 Å². The van der Waals surface area contributed by atoms with E-state index in [9.17, 15) is 0 Å². The fraction of sp³-hybridized carbons (Fsp3) is 0.579. The Labute approximate surface area is 152 Å². The molecule has 0 saturated carbocycles. The first-order valence-corrected chi connectivity index (χ1v) is 9.42. The van der Waals surface area contributed by atoms with Gasteiger partial charge in [0.25, 0.3) is 0 Å². The number of rotatable bonds is 5. The van der Waals surface area contributed by atoms with E-state index in [2.05, 4.69) is 78.2 Å². The van der Waals surface area contributed by atoms with Gasteiger partial charge in [-0.15, -0.1) is 0 Å². The third kappa shape index (κ3) is 3.75. The van der Waals surface area contributed by atoms with E-state index in [1.54, 1.807) is 0 Å². The fourth-order valence-corrected chi connectivity index (χ4v) is 4.44. The van der Waals surface area contributed by atoms with E-state index in [1.807, 2.05) is 0 Å². The van der Waals surface area contributed by atoms with E-state index < -0.39 is 0 Å². The molecule has 1 aliphatic heterocycles. The number of fused-ring (bicyclic) bond motifs is 1. The second-order valence-corrected chi connectivity index (χ2v) is 8.44. The Morgan fingerprint density at radius 1 is 1.29 bits per heavy atom. The van der Waals surface area contributed by atoms with Gasteiger partial charge in [-0.2, -0.15) is 5.06 Å². The van der Waals surface area contributed by atoms with E-state index >= 15 is 0 Å². The van der Waals surface area contributed by atoms with Crippen molar-refractivity contribution in [2.24, 2.45) is 0 Å². The molecule has 1 fully saturated rings. The summed E-state index contributed by atoms with van der Waals surface area (Å²) in [5.74, 6) is 0.260. The number of halogens is 1. The highest BCUT2D eigenvalue weighted by molar-refractivity contribution is 9.09. The summed E-state index contributed by atoms with van der Waals surface area (Å²) in [6.07, 6.45) is 4.44. The summed E-state index contributed by atoms with van der Waals surface area (Å²) >= 11 is 3.85. The van der Waals surface area contributed by atoms with Gasteiger partial charge in [-0.1, -0.05) is 52.3 Å². The molecule has 4 atom stereocenters. The Kier molecular flexibility index (Phi) is 5.47. The molecule has 1 aliphatic carbocycles. The highest BCUT2D eigenvalue weighted by Gasteiger charge is 2.47. The van der Waals surface area contributed by atoms with Crippen LogP contribution in [0, 0.1) is 0 Å². The average Bonchev–Trinajstić information content (AvgIpc) is 3.05. The first kappa shape index (κ1) is 18.1. The Morgan fingerprint density at radius 3 is 2.75 bits per heavy atom. The Morgan fingerprint density at radius 2 is 2.04 bits per heavy atom. The van der Waals surface area contributed by atoms with Crippen LogP contribution in [0.1, 0.15) is 37.8 Å². The number of nitrogens with zero attached hydrogens (tertiary/aromatic N) is 1. The van der Waals surface area contributed by atoms with Crippen LogP contribution in [0.5, 0.6) is 0 Å². The van der Waals surface area contributed by atoms with Crippen LogP contribution in [-0.4, -0.2) is 52.5 Å². The van der Waals surface area contributed by atoms with Crippen molar-refractivity contribution in [2.45, 2.75) is 49.3 Å². The lowest BCUT2D eigenvalue weighted by atomic mass is 9.92. The summed E-state index contributed by atoms with van der Waals surface area (Å²) in [6.45, 7) is 7.26. The third-order valence-corrected chi connectivity index (χ3v) is 5.53. The maximum Gasteiger partial charge on any atom is 0.0867 e. The molecule has 1 N–H and O–H groups in total. The molecule has 1 heterocycles. The number of hydrogen-bond acceptors (Lipinski definition) is 4. The van der Waals surface area contributed by atoms with E-state index in [0.29, 0.717) is 13.2 Å². The van der Waals surface area contributed by atoms with Gasteiger partial charge in [-0.25, -0.2) is 0 Å². The first-order chi connectivity index (χ1) is 11.4. The highest BCUT2D eigenvalue weighted by Crippen LogP contribution is 2.42. The molecule has 0 bridgehead atoms. The molecular weight excluding hydrogens is 370 g/mol. The number of benzene rings is 1. The van der Waals surface area contributed by atoms with Gasteiger partial charge in [0.2, 0.25) is 0 Å². The van der Waals surface area contributed by atoms with E-state index in [4.69, 9.17) is 14.7 Å². The SMILES string of the molecule is CC(C)(C)ON1C[C@@H](OCCO)[C@H](Br)C1C1C=Cc2ccccc21. The van der Waals surface area contributed by atoms with Crippen LogP contribution >= 0.6 is 15.9 Å². The van der Waals surface area contributed by atoms with Crippen LogP contribution in [0.25, 0.3) is 6.08 Å². The second kappa shape index (κ2) is 7.26. The predicted molar refractivity (Wildman–Crippen MR) is 99.1 cm³/mol. The molecule has 1 saturated heterocycles. The van der Waals surface area contributed by atoms with Crippen molar-refractivity contribution in [1.29, 1.82) is 0 Å². The highest BCUT2D eigenvalue weighted by atomic mass is 79.9. The molecule has 0 radical (unpaired) electrons. The smallest absolute Gasteiger partial charge is 0.0867 e. The van der Waals surface area contributed by atoms with Crippen molar-refractivity contribution in [2.75, 3.05) is 19.8 Å². The molecule has 4 nitrogen and oxygen atoms in total. The average molecular weight is 396 g/mol. The number of alkyl halides is 1. The third-order valence-electron chi connectivity index (χ3n) is 4.39. The van der Waals surface area contributed by atoms with Gasteiger partial charge in [0.1, 0.15) is 0 Å². The summed E-state index contributed by atoms with van der Waals surface area (Å²) in [5.41, 5.74) is 2.34. The van der Waals surface area contributed by atoms with Gasteiger partial charge >= 0.3 is 0 Å². The molecule has 0 spiro atoms. The van der Waals surface area contributed by atoms with Crippen molar-refractivity contribution < 1.29 is 14.7 Å². The minimum absolute atomic E-state index is 0.00865. The molecule has 0 aromatic heterocycles. The van der Waals surface area contributed by atoms with Gasteiger partial charge in [0.15, 0.2) is 0 Å². The summed E-state index contributed by atoms with van der Waals surface area (Å²) in [5, 5.41) is 11.1. The minimum Gasteiger partial charge on any atom is -0.394 e. The zero-order chi connectivity index (χ0) is 17.3. The Balaban J connectivity index is 1.86. The number of hydrogen-bond donors (Lipinski definition) is 1. The maximum absolute atomic E-state index is 9.08. The number of ether oxygens (including phenoxy) is 1. The van der Waals surface area contributed by atoms with Gasteiger partial charge < -0.3 is 9.84 Å². The van der Waals surface area contributed by atoms with Crippen LogP contribution in [0.2, 0.25) is 0 Å². The monoisotopic (exact) mass is 395 g/mol. The number of aliphatic hydroxyl groups is 1.